The molecule has 170 valence electrons. The van der Waals surface area contributed by atoms with Crippen LogP contribution in [-0.4, -0.2) is 46.7 Å². The van der Waals surface area contributed by atoms with Crippen LogP contribution in [0.15, 0.2) is 60.9 Å². The first-order chi connectivity index (χ1) is 16.1. The lowest BCUT2D eigenvalue weighted by Crippen LogP contribution is -2.32. The number of hydrogen-bond acceptors (Lipinski definition) is 5. The lowest BCUT2D eigenvalue weighted by molar-refractivity contribution is 0.203. The third-order valence-corrected chi connectivity index (χ3v) is 6.67. The Morgan fingerprint density at radius 3 is 2.18 bits per heavy atom. The van der Waals surface area contributed by atoms with Crippen LogP contribution in [0.4, 0.5) is 0 Å². The van der Waals surface area contributed by atoms with Crippen LogP contribution in [0, 0.1) is 0 Å². The van der Waals surface area contributed by atoms with E-state index in [0.29, 0.717) is 5.92 Å². The number of likely N-dealkylation sites (tertiary alicyclic amines) is 1. The van der Waals surface area contributed by atoms with E-state index in [-0.39, 0.29) is 0 Å². The van der Waals surface area contributed by atoms with E-state index < -0.39 is 0 Å². The average molecular weight is 443 g/mol. The van der Waals surface area contributed by atoms with E-state index in [1.807, 2.05) is 37.6 Å². The second-order valence-corrected chi connectivity index (χ2v) is 8.75. The number of aryl methyl sites for hydroxylation is 1. The monoisotopic (exact) mass is 442 g/mol. The first-order valence-corrected chi connectivity index (χ1v) is 11.5. The summed E-state index contributed by atoms with van der Waals surface area (Å²) in [4.78, 5) is 12.3. The van der Waals surface area contributed by atoms with E-state index in [0.717, 1.165) is 66.3 Å². The van der Waals surface area contributed by atoms with E-state index in [1.54, 1.807) is 14.2 Å². The molecule has 0 N–H and O–H groups in total. The number of piperidine rings is 1. The zero-order chi connectivity index (χ0) is 22.8. The van der Waals surface area contributed by atoms with Crippen molar-refractivity contribution in [2.24, 2.45) is 7.05 Å². The second-order valence-electron chi connectivity index (χ2n) is 8.75. The molecule has 0 unspecified atom stereocenters. The summed E-state index contributed by atoms with van der Waals surface area (Å²) in [6.07, 6.45) is 4.09. The molecule has 6 heteroatoms. The molecule has 1 fully saturated rings. The van der Waals surface area contributed by atoms with Gasteiger partial charge in [-0.05, 0) is 74.0 Å². The van der Waals surface area contributed by atoms with Crippen LogP contribution in [0.25, 0.3) is 22.3 Å². The van der Waals surface area contributed by atoms with Crippen molar-refractivity contribution < 1.29 is 9.47 Å². The molecule has 1 aliphatic rings. The number of rotatable bonds is 6. The number of nitrogens with zero attached hydrogens (tertiary/aromatic N) is 4. The Bertz CT molecular complexity index is 1220. The molecule has 4 aromatic rings. The summed E-state index contributed by atoms with van der Waals surface area (Å²) in [7, 11) is 5.44. The Morgan fingerprint density at radius 1 is 0.909 bits per heavy atom. The number of benzene rings is 2. The largest absolute Gasteiger partial charge is 0.497 e. The highest BCUT2D eigenvalue weighted by Crippen LogP contribution is 2.34. The maximum Gasteiger partial charge on any atom is 0.118 e. The van der Waals surface area contributed by atoms with Crippen molar-refractivity contribution in [1.29, 1.82) is 0 Å². The molecule has 0 spiro atoms. The molecule has 0 radical (unpaired) electrons. The van der Waals surface area contributed by atoms with E-state index in [9.17, 15) is 0 Å². The molecule has 0 amide bonds. The third-order valence-electron chi connectivity index (χ3n) is 6.67. The minimum absolute atomic E-state index is 0.452. The summed E-state index contributed by atoms with van der Waals surface area (Å²) in [5.41, 5.74) is 6.59. The molecule has 0 saturated carbocycles. The van der Waals surface area contributed by atoms with Gasteiger partial charge in [-0.25, -0.2) is 4.98 Å². The van der Waals surface area contributed by atoms with Gasteiger partial charge in [0.1, 0.15) is 17.0 Å². The van der Waals surface area contributed by atoms with E-state index >= 15 is 0 Å². The van der Waals surface area contributed by atoms with Gasteiger partial charge in [-0.1, -0.05) is 12.1 Å². The number of aromatic nitrogens is 3. The molecule has 5 rings (SSSR count). The molecule has 0 aliphatic carbocycles. The molecular formula is C27H30N4O2. The molecule has 33 heavy (non-hydrogen) atoms. The fourth-order valence-corrected chi connectivity index (χ4v) is 4.68. The Hall–Kier alpha value is -3.38. The zero-order valence-electron chi connectivity index (χ0n) is 19.5. The number of methoxy groups -OCH3 is 2. The summed E-state index contributed by atoms with van der Waals surface area (Å²) in [5, 5.41) is 0. The van der Waals surface area contributed by atoms with Crippen molar-refractivity contribution in [3.63, 3.8) is 0 Å². The first-order valence-electron chi connectivity index (χ1n) is 11.5. The van der Waals surface area contributed by atoms with Crippen LogP contribution in [-0.2, 0) is 13.6 Å². The van der Waals surface area contributed by atoms with Gasteiger partial charge in [-0.15, -0.1) is 0 Å². The van der Waals surface area contributed by atoms with Crippen molar-refractivity contribution in [3.8, 4) is 22.8 Å². The normalized spacial score (nSPS) is 15.1. The molecular weight excluding hydrogens is 412 g/mol. The summed E-state index contributed by atoms with van der Waals surface area (Å²) < 4.78 is 12.7. The molecule has 0 atom stereocenters. The fourth-order valence-electron chi connectivity index (χ4n) is 4.68. The maximum absolute atomic E-state index is 5.33. The summed E-state index contributed by atoms with van der Waals surface area (Å²) >= 11 is 0. The maximum atomic E-state index is 5.33. The zero-order valence-corrected chi connectivity index (χ0v) is 19.5. The number of ether oxygens (including phenoxy) is 2. The van der Waals surface area contributed by atoms with Crippen molar-refractivity contribution in [2.75, 3.05) is 27.3 Å². The van der Waals surface area contributed by atoms with Crippen molar-refractivity contribution >= 4 is 11.0 Å². The molecule has 0 bridgehead atoms. The third kappa shape index (κ3) is 4.44. The lowest BCUT2D eigenvalue weighted by atomic mass is 9.92. The summed E-state index contributed by atoms with van der Waals surface area (Å²) in [6.45, 7) is 3.11. The molecule has 2 aromatic heterocycles. The molecule has 1 saturated heterocycles. The van der Waals surface area contributed by atoms with Crippen molar-refractivity contribution in [2.45, 2.75) is 25.3 Å². The van der Waals surface area contributed by atoms with Crippen molar-refractivity contribution in [1.82, 2.24) is 19.4 Å². The number of hydrogen-bond donors (Lipinski definition) is 0. The fraction of sp³-hybridized carbons (Fsp3) is 0.333. The predicted octanol–water partition coefficient (Wildman–Crippen LogP) is 5.03. The van der Waals surface area contributed by atoms with Crippen LogP contribution >= 0.6 is 0 Å². The van der Waals surface area contributed by atoms with Gasteiger partial charge in [0.2, 0.25) is 0 Å². The van der Waals surface area contributed by atoms with E-state index in [1.165, 1.54) is 11.3 Å². The smallest absolute Gasteiger partial charge is 0.118 e. The predicted molar refractivity (Wildman–Crippen MR) is 131 cm³/mol. The molecule has 3 heterocycles. The minimum atomic E-state index is 0.452. The number of fused-ring (bicyclic) bond motifs is 1. The Balaban J connectivity index is 1.36. The topological polar surface area (TPSA) is 52.4 Å². The Labute approximate surface area is 194 Å². The Morgan fingerprint density at radius 2 is 1.55 bits per heavy atom. The minimum Gasteiger partial charge on any atom is -0.497 e. The van der Waals surface area contributed by atoms with Crippen LogP contribution in [0.2, 0.25) is 0 Å². The summed E-state index contributed by atoms with van der Waals surface area (Å²) in [5.74, 6) is 2.20. The van der Waals surface area contributed by atoms with Crippen LogP contribution < -0.4 is 9.47 Å². The quantitative estimate of drug-likeness (QED) is 0.419. The number of imidazole rings is 1. The second kappa shape index (κ2) is 9.24. The van der Waals surface area contributed by atoms with Gasteiger partial charge in [0, 0.05) is 30.8 Å². The molecule has 6 nitrogen and oxygen atoms in total. The van der Waals surface area contributed by atoms with Gasteiger partial charge in [0.05, 0.1) is 31.8 Å². The van der Waals surface area contributed by atoms with E-state index in [4.69, 9.17) is 14.5 Å². The lowest BCUT2D eigenvalue weighted by Gasteiger charge is -2.32. The van der Waals surface area contributed by atoms with Gasteiger partial charge in [0.25, 0.3) is 0 Å². The van der Waals surface area contributed by atoms with E-state index in [2.05, 4.69) is 44.8 Å². The van der Waals surface area contributed by atoms with Crippen LogP contribution in [0.1, 0.15) is 30.0 Å². The average Bonchev–Trinajstić information content (AvgIpc) is 3.25. The van der Waals surface area contributed by atoms with Gasteiger partial charge in [0.15, 0.2) is 0 Å². The number of pyridine rings is 1. The van der Waals surface area contributed by atoms with Crippen LogP contribution in [0.5, 0.6) is 11.5 Å². The highest BCUT2D eigenvalue weighted by Gasteiger charge is 2.24. The van der Waals surface area contributed by atoms with Gasteiger partial charge in [-0.2, -0.15) is 0 Å². The van der Waals surface area contributed by atoms with Crippen LogP contribution in [0.3, 0.4) is 0 Å². The highest BCUT2D eigenvalue weighted by atomic mass is 16.5. The van der Waals surface area contributed by atoms with Gasteiger partial charge >= 0.3 is 0 Å². The highest BCUT2D eigenvalue weighted by molar-refractivity contribution is 5.90. The standard InChI is InChI=1S/C27H30N4O2/c1-30-18-28-27-25(30)16-24(29-26(27)21-6-10-23(33-3)11-7-21)20-12-14-31(15-13-20)17-19-4-8-22(32-2)9-5-19/h4-11,16,18,20H,12-15,17H2,1-3H3. The molecule has 1 aliphatic heterocycles. The first kappa shape index (κ1) is 21.5. The SMILES string of the molecule is COc1ccc(CN2CCC(c3cc4c(ncn4C)c(-c4ccc(OC)cc4)n3)CC2)cc1. The van der Waals surface area contributed by atoms with Crippen molar-refractivity contribution in [3.05, 3.63) is 72.2 Å². The molecule has 2 aromatic carbocycles. The van der Waals surface area contributed by atoms with Gasteiger partial charge < -0.3 is 14.0 Å². The summed E-state index contributed by atoms with van der Waals surface area (Å²) in [6, 6.07) is 18.7. The van der Waals surface area contributed by atoms with Gasteiger partial charge in [-0.3, -0.25) is 9.88 Å². The Kier molecular flexibility index (Phi) is 6.01.